The lowest BCUT2D eigenvalue weighted by atomic mass is 10.1. The van der Waals surface area contributed by atoms with Gasteiger partial charge in [0.1, 0.15) is 22.9 Å². The van der Waals surface area contributed by atoms with Crippen LogP contribution in [0.25, 0.3) is 10.8 Å². The van der Waals surface area contributed by atoms with E-state index in [-0.39, 0.29) is 22.9 Å². The SMILES string of the molecule is Nc1cc(O)c(N=Nc2cc(Cl)ccc2O)c2ccccc12. The number of rotatable bonds is 2. The summed E-state index contributed by atoms with van der Waals surface area (Å²) in [6, 6.07) is 13.2. The number of nitrogens with two attached hydrogens (primary N) is 1. The second kappa shape index (κ2) is 5.54. The van der Waals surface area contributed by atoms with Crippen LogP contribution in [0.3, 0.4) is 0 Å². The van der Waals surface area contributed by atoms with Crippen molar-refractivity contribution in [3.05, 3.63) is 53.6 Å². The first-order chi connectivity index (χ1) is 10.6. The molecule has 0 saturated carbocycles. The first-order valence-corrected chi connectivity index (χ1v) is 6.84. The highest BCUT2D eigenvalue weighted by Gasteiger charge is 2.10. The van der Waals surface area contributed by atoms with E-state index < -0.39 is 0 Å². The minimum absolute atomic E-state index is 0.0487. The molecule has 0 amide bonds. The highest BCUT2D eigenvalue weighted by Crippen LogP contribution is 2.40. The predicted molar refractivity (Wildman–Crippen MR) is 87.3 cm³/mol. The average molecular weight is 314 g/mol. The third-order valence-electron chi connectivity index (χ3n) is 3.22. The monoisotopic (exact) mass is 313 g/mol. The Balaban J connectivity index is 2.15. The van der Waals surface area contributed by atoms with Gasteiger partial charge < -0.3 is 15.9 Å². The summed E-state index contributed by atoms with van der Waals surface area (Å²) < 4.78 is 0. The van der Waals surface area contributed by atoms with E-state index in [1.165, 1.54) is 18.2 Å². The molecule has 22 heavy (non-hydrogen) atoms. The number of hydrogen-bond acceptors (Lipinski definition) is 5. The van der Waals surface area contributed by atoms with Gasteiger partial charge in [0.05, 0.1) is 0 Å². The van der Waals surface area contributed by atoms with Gasteiger partial charge in [-0.3, -0.25) is 0 Å². The van der Waals surface area contributed by atoms with Gasteiger partial charge >= 0.3 is 0 Å². The summed E-state index contributed by atoms with van der Waals surface area (Å²) in [6.45, 7) is 0. The molecule has 0 radical (unpaired) electrons. The highest BCUT2D eigenvalue weighted by molar-refractivity contribution is 6.30. The van der Waals surface area contributed by atoms with Crippen LogP contribution in [-0.2, 0) is 0 Å². The van der Waals surface area contributed by atoms with E-state index in [0.717, 1.165) is 5.39 Å². The number of fused-ring (bicyclic) bond motifs is 1. The van der Waals surface area contributed by atoms with Gasteiger partial charge in [-0.15, -0.1) is 10.2 Å². The molecule has 0 saturated heterocycles. The summed E-state index contributed by atoms with van der Waals surface area (Å²) in [5.41, 5.74) is 6.84. The number of phenolic OH excluding ortho intramolecular Hbond substituents is 2. The normalized spacial score (nSPS) is 11.3. The zero-order valence-electron chi connectivity index (χ0n) is 11.4. The quantitative estimate of drug-likeness (QED) is 0.464. The molecule has 0 spiro atoms. The van der Waals surface area contributed by atoms with Gasteiger partial charge in [0.25, 0.3) is 0 Å². The van der Waals surface area contributed by atoms with Crippen LogP contribution >= 0.6 is 11.6 Å². The second-order valence-corrected chi connectivity index (χ2v) is 5.15. The molecule has 0 bridgehead atoms. The van der Waals surface area contributed by atoms with Crippen molar-refractivity contribution in [2.75, 3.05) is 5.73 Å². The summed E-state index contributed by atoms with van der Waals surface area (Å²) in [6.07, 6.45) is 0. The number of anilines is 1. The number of benzene rings is 3. The van der Waals surface area contributed by atoms with Gasteiger partial charge in [0.2, 0.25) is 0 Å². The van der Waals surface area contributed by atoms with Crippen LogP contribution in [0.15, 0.2) is 58.8 Å². The van der Waals surface area contributed by atoms with Crippen LogP contribution in [0.4, 0.5) is 17.1 Å². The predicted octanol–water partition coefficient (Wildman–Crippen LogP) is 4.90. The molecule has 0 heterocycles. The summed E-state index contributed by atoms with van der Waals surface area (Å²) in [4.78, 5) is 0. The first-order valence-electron chi connectivity index (χ1n) is 6.46. The molecule has 110 valence electrons. The lowest BCUT2D eigenvalue weighted by molar-refractivity contribution is 0.474. The molecular weight excluding hydrogens is 302 g/mol. The van der Waals surface area contributed by atoms with Crippen molar-refractivity contribution >= 4 is 39.4 Å². The third-order valence-corrected chi connectivity index (χ3v) is 3.46. The molecule has 3 rings (SSSR count). The van der Waals surface area contributed by atoms with Crippen molar-refractivity contribution in [2.45, 2.75) is 0 Å². The topological polar surface area (TPSA) is 91.2 Å². The molecule has 0 fully saturated rings. The fraction of sp³-hybridized carbons (Fsp3) is 0. The van der Waals surface area contributed by atoms with Gasteiger partial charge in [-0.05, 0) is 18.2 Å². The summed E-state index contributed by atoms with van der Waals surface area (Å²) >= 11 is 5.87. The van der Waals surface area contributed by atoms with Crippen molar-refractivity contribution in [1.82, 2.24) is 0 Å². The van der Waals surface area contributed by atoms with Gasteiger partial charge in [-0.1, -0.05) is 35.9 Å². The lowest BCUT2D eigenvalue weighted by Gasteiger charge is -2.07. The van der Waals surface area contributed by atoms with Crippen molar-refractivity contribution in [3.63, 3.8) is 0 Å². The number of nitrogens with zero attached hydrogens (tertiary/aromatic N) is 2. The van der Waals surface area contributed by atoms with Crippen LogP contribution in [0.1, 0.15) is 0 Å². The molecule has 3 aromatic rings. The van der Waals surface area contributed by atoms with Crippen LogP contribution in [-0.4, -0.2) is 10.2 Å². The standard InChI is InChI=1S/C16H12ClN3O2/c17-9-5-6-14(21)13(7-9)19-20-16-11-4-2-1-3-10(11)12(18)8-15(16)22/h1-8,21-22H,18H2. The van der Waals surface area contributed by atoms with E-state index >= 15 is 0 Å². The Morgan fingerprint density at radius 3 is 2.36 bits per heavy atom. The van der Waals surface area contributed by atoms with E-state index in [4.69, 9.17) is 17.3 Å². The van der Waals surface area contributed by atoms with E-state index in [1.807, 2.05) is 18.2 Å². The van der Waals surface area contributed by atoms with Gasteiger partial charge in [0, 0.05) is 27.5 Å². The smallest absolute Gasteiger partial charge is 0.145 e. The Labute approximate surface area is 131 Å². The maximum atomic E-state index is 10.1. The van der Waals surface area contributed by atoms with Crippen molar-refractivity contribution < 1.29 is 10.2 Å². The zero-order chi connectivity index (χ0) is 15.7. The third kappa shape index (κ3) is 2.54. The number of hydrogen-bond donors (Lipinski definition) is 3. The van der Waals surface area contributed by atoms with Gasteiger partial charge in [-0.2, -0.15) is 0 Å². The molecular formula is C16H12ClN3O2. The Kier molecular flexibility index (Phi) is 3.56. The molecule has 0 aliphatic carbocycles. The number of halogens is 1. The molecule has 5 nitrogen and oxygen atoms in total. The van der Waals surface area contributed by atoms with Crippen LogP contribution in [0.5, 0.6) is 11.5 Å². The molecule has 0 aliphatic heterocycles. The summed E-state index contributed by atoms with van der Waals surface area (Å²) in [5.74, 6) is -0.131. The maximum Gasteiger partial charge on any atom is 0.145 e. The van der Waals surface area contributed by atoms with E-state index in [1.54, 1.807) is 12.1 Å². The molecule has 0 atom stereocenters. The molecule has 0 aromatic heterocycles. The number of azo groups is 1. The van der Waals surface area contributed by atoms with E-state index in [2.05, 4.69) is 10.2 Å². The molecule has 6 heteroatoms. The van der Waals surface area contributed by atoms with E-state index in [9.17, 15) is 10.2 Å². The largest absolute Gasteiger partial charge is 0.506 e. The van der Waals surface area contributed by atoms with Crippen molar-refractivity contribution in [3.8, 4) is 11.5 Å². The molecule has 4 N–H and O–H groups in total. The fourth-order valence-corrected chi connectivity index (χ4v) is 2.32. The van der Waals surface area contributed by atoms with Crippen LogP contribution in [0, 0.1) is 0 Å². The Morgan fingerprint density at radius 1 is 0.864 bits per heavy atom. The molecule has 3 aromatic carbocycles. The molecule has 0 aliphatic rings. The van der Waals surface area contributed by atoms with Crippen LogP contribution < -0.4 is 5.73 Å². The Hall–Kier alpha value is -2.79. The Morgan fingerprint density at radius 2 is 1.59 bits per heavy atom. The fourth-order valence-electron chi connectivity index (χ4n) is 2.16. The minimum atomic E-state index is -0.0820. The van der Waals surface area contributed by atoms with Crippen molar-refractivity contribution in [2.24, 2.45) is 10.2 Å². The van der Waals surface area contributed by atoms with Gasteiger partial charge in [-0.25, -0.2) is 0 Å². The van der Waals surface area contributed by atoms with E-state index in [0.29, 0.717) is 16.1 Å². The number of nitrogen functional groups attached to an aromatic ring is 1. The average Bonchev–Trinajstić information content (AvgIpc) is 2.50. The number of phenols is 2. The van der Waals surface area contributed by atoms with Gasteiger partial charge in [0.15, 0.2) is 0 Å². The zero-order valence-corrected chi connectivity index (χ0v) is 12.1. The summed E-state index contributed by atoms with van der Waals surface area (Å²) in [5, 5.41) is 29.7. The highest BCUT2D eigenvalue weighted by atomic mass is 35.5. The number of aromatic hydroxyl groups is 2. The summed E-state index contributed by atoms with van der Waals surface area (Å²) in [7, 11) is 0. The maximum absolute atomic E-state index is 10.1. The first kappa shape index (κ1) is 14.2. The van der Waals surface area contributed by atoms with Crippen LogP contribution in [0.2, 0.25) is 5.02 Å². The second-order valence-electron chi connectivity index (χ2n) is 4.71. The Bertz CT molecular complexity index is 894. The lowest BCUT2D eigenvalue weighted by Crippen LogP contribution is -1.87. The minimum Gasteiger partial charge on any atom is -0.506 e. The van der Waals surface area contributed by atoms with Crippen molar-refractivity contribution in [1.29, 1.82) is 0 Å². The molecule has 0 unspecified atom stereocenters.